The van der Waals surface area contributed by atoms with Crippen LogP contribution in [0.25, 0.3) is 0 Å². The summed E-state index contributed by atoms with van der Waals surface area (Å²) >= 11 is 0. The lowest BCUT2D eigenvalue weighted by Crippen LogP contribution is -2.23. The number of rotatable bonds is 8. The SMILES string of the molecule is CCCCOC(CC)OC([O])CC. The van der Waals surface area contributed by atoms with Crippen LogP contribution in [0.3, 0.4) is 0 Å². The first-order chi connectivity index (χ1) is 6.24. The molecule has 0 aliphatic carbocycles. The van der Waals surface area contributed by atoms with Gasteiger partial charge in [0, 0.05) is 6.61 Å². The zero-order valence-corrected chi connectivity index (χ0v) is 8.91. The Morgan fingerprint density at radius 2 is 1.85 bits per heavy atom. The number of unbranched alkanes of at least 4 members (excludes halogenated alkanes) is 1. The van der Waals surface area contributed by atoms with Gasteiger partial charge >= 0.3 is 0 Å². The molecule has 79 valence electrons. The van der Waals surface area contributed by atoms with Gasteiger partial charge in [-0.1, -0.05) is 27.2 Å². The van der Waals surface area contributed by atoms with E-state index in [1.54, 1.807) is 0 Å². The lowest BCUT2D eigenvalue weighted by molar-refractivity contribution is -0.248. The minimum atomic E-state index is -0.938. The molecular formula is C10H21O3. The van der Waals surface area contributed by atoms with Gasteiger partial charge in [0.25, 0.3) is 0 Å². The minimum Gasteiger partial charge on any atom is -0.353 e. The van der Waals surface area contributed by atoms with E-state index in [4.69, 9.17) is 9.47 Å². The summed E-state index contributed by atoms with van der Waals surface area (Å²) in [5, 5.41) is 11.0. The topological polar surface area (TPSA) is 38.4 Å². The van der Waals surface area contributed by atoms with Crippen molar-refractivity contribution in [1.29, 1.82) is 0 Å². The first kappa shape index (κ1) is 12.9. The maximum absolute atomic E-state index is 11.0. The summed E-state index contributed by atoms with van der Waals surface area (Å²) in [5.41, 5.74) is 0. The second-order valence-corrected chi connectivity index (χ2v) is 3.04. The van der Waals surface area contributed by atoms with Crippen LogP contribution in [0.5, 0.6) is 0 Å². The van der Waals surface area contributed by atoms with Gasteiger partial charge in [0.05, 0.1) is 0 Å². The molecule has 1 radical (unpaired) electrons. The highest BCUT2D eigenvalue weighted by Crippen LogP contribution is 2.06. The third kappa shape index (κ3) is 6.99. The molecule has 0 aromatic carbocycles. The predicted molar refractivity (Wildman–Crippen MR) is 50.8 cm³/mol. The summed E-state index contributed by atoms with van der Waals surface area (Å²) < 4.78 is 10.5. The first-order valence-corrected chi connectivity index (χ1v) is 5.17. The van der Waals surface area contributed by atoms with Crippen molar-refractivity contribution >= 4 is 0 Å². The monoisotopic (exact) mass is 189 g/mol. The molecule has 0 bridgehead atoms. The van der Waals surface area contributed by atoms with Crippen LogP contribution in [0.2, 0.25) is 0 Å². The molecule has 0 N–H and O–H groups in total. The molecular weight excluding hydrogens is 168 g/mol. The van der Waals surface area contributed by atoms with E-state index in [1.165, 1.54) is 0 Å². The predicted octanol–water partition coefficient (Wildman–Crippen LogP) is 2.72. The summed E-state index contributed by atoms with van der Waals surface area (Å²) in [7, 11) is 0. The third-order valence-electron chi connectivity index (χ3n) is 1.77. The second-order valence-electron chi connectivity index (χ2n) is 3.04. The Kier molecular flexibility index (Phi) is 8.40. The van der Waals surface area contributed by atoms with Gasteiger partial charge in [-0.2, -0.15) is 0 Å². The van der Waals surface area contributed by atoms with Gasteiger partial charge in [-0.3, -0.25) is 0 Å². The van der Waals surface area contributed by atoms with Crippen LogP contribution in [0.1, 0.15) is 46.5 Å². The van der Waals surface area contributed by atoms with Crippen LogP contribution in [0.4, 0.5) is 0 Å². The van der Waals surface area contributed by atoms with Gasteiger partial charge in [-0.05, 0) is 19.3 Å². The largest absolute Gasteiger partial charge is 0.353 e. The number of hydrogen-bond acceptors (Lipinski definition) is 2. The van der Waals surface area contributed by atoms with Crippen LogP contribution in [-0.2, 0) is 14.6 Å². The lowest BCUT2D eigenvalue weighted by Gasteiger charge is -2.18. The molecule has 3 nitrogen and oxygen atoms in total. The highest BCUT2D eigenvalue weighted by molar-refractivity contribution is 4.43. The first-order valence-electron chi connectivity index (χ1n) is 5.17. The molecule has 0 spiro atoms. The molecule has 3 heteroatoms. The van der Waals surface area contributed by atoms with E-state index >= 15 is 0 Å². The van der Waals surface area contributed by atoms with E-state index in [-0.39, 0.29) is 6.29 Å². The van der Waals surface area contributed by atoms with Crippen LogP contribution in [-0.4, -0.2) is 19.2 Å². The molecule has 0 saturated carbocycles. The minimum absolute atomic E-state index is 0.311. The Morgan fingerprint density at radius 1 is 1.15 bits per heavy atom. The molecule has 0 heterocycles. The van der Waals surface area contributed by atoms with E-state index < -0.39 is 6.29 Å². The van der Waals surface area contributed by atoms with Gasteiger partial charge in [0.1, 0.15) is 0 Å². The Labute approximate surface area is 81.0 Å². The average Bonchev–Trinajstić information content (AvgIpc) is 2.16. The fraction of sp³-hybridized carbons (Fsp3) is 1.00. The van der Waals surface area contributed by atoms with Crippen LogP contribution in [0.15, 0.2) is 0 Å². The molecule has 0 rings (SSSR count). The standard InChI is InChI=1S/C10H21O3/c1-4-7-8-12-10(6-3)13-9(11)5-2/h9-10H,4-8H2,1-3H3. The van der Waals surface area contributed by atoms with Crippen LogP contribution < -0.4 is 0 Å². The Bertz CT molecular complexity index is 106. The Balaban J connectivity index is 3.50. The van der Waals surface area contributed by atoms with Crippen molar-refractivity contribution < 1.29 is 14.6 Å². The Morgan fingerprint density at radius 3 is 2.31 bits per heavy atom. The van der Waals surface area contributed by atoms with Crippen molar-refractivity contribution in [3.63, 3.8) is 0 Å². The highest BCUT2D eigenvalue weighted by atomic mass is 16.7. The molecule has 13 heavy (non-hydrogen) atoms. The normalized spacial score (nSPS) is 15.7. The van der Waals surface area contributed by atoms with Crippen LogP contribution in [0, 0.1) is 0 Å². The second kappa shape index (κ2) is 8.48. The third-order valence-corrected chi connectivity index (χ3v) is 1.77. The molecule has 0 aromatic heterocycles. The zero-order valence-electron chi connectivity index (χ0n) is 8.91. The van der Waals surface area contributed by atoms with E-state index in [2.05, 4.69) is 6.92 Å². The van der Waals surface area contributed by atoms with Crippen molar-refractivity contribution in [3.8, 4) is 0 Å². The molecule has 0 aliphatic heterocycles. The molecule has 2 unspecified atom stereocenters. The van der Waals surface area contributed by atoms with E-state index in [0.29, 0.717) is 13.0 Å². The molecule has 0 aromatic rings. The van der Waals surface area contributed by atoms with Gasteiger partial charge in [0.15, 0.2) is 12.6 Å². The summed E-state index contributed by atoms with van der Waals surface area (Å²) in [6.07, 6.45) is 2.11. The molecule has 2 atom stereocenters. The fourth-order valence-corrected chi connectivity index (χ4v) is 0.878. The van der Waals surface area contributed by atoms with Crippen LogP contribution >= 0.6 is 0 Å². The molecule has 0 aliphatic rings. The summed E-state index contributed by atoms with van der Waals surface area (Å²) in [6.45, 7) is 6.56. The average molecular weight is 189 g/mol. The molecule has 0 saturated heterocycles. The van der Waals surface area contributed by atoms with Gasteiger partial charge in [-0.15, -0.1) is 0 Å². The quantitative estimate of drug-likeness (QED) is 0.435. The van der Waals surface area contributed by atoms with Crippen molar-refractivity contribution in [3.05, 3.63) is 0 Å². The van der Waals surface area contributed by atoms with Crippen molar-refractivity contribution in [2.75, 3.05) is 6.61 Å². The van der Waals surface area contributed by atoms with Crippen molar-refractivity contribution in [2.24, 2.45) is 0 Å². The highest BCUT2D eigenvalue weighted by Gasteiger charge is 2.12. The summed E-state index contributed by atoms with van der Waals surface area (Å²) in [6, 6.07) is 0. The summed E-state index contributed by atoms with van der Waals surface area (Å²) in [4.78, 5) is 0. The van der Waals surface area contributed by atoms with Crippen molar-refractivity contribution in [2.45, 2.75) is 59.0 Å². The zero-order chi connectivity index (χ0) is 10.1. The summed E-state index contributed by atoms with van der Waals surface area (Å²) in [5.74, 6) is 0. The van der Waals surface area contributed by atoms with E-state index in [0.717, 1.165) is 19.3 Å². The molecule has 0 fully saturated rings. The van der Waals surface area contributed by atoms with Gasteiger partial charge < -0.3 is 9.47 Å². The van der Waals surface area contributed by atoms with Crippen molar-refractivity contribution in [1.82, 2.24) is 0 Å². The fourth-order valence-electron chi connectivity index (χ4n) is 0.878. The smallest absolute Gasteiger partial charge is 0.194 e. The van der Waals surface area contributed by atoms with E-state index in [1.807, 2.05) is 13.8 Å². The lowest BCUT2D eigenvalue weighted by atomic mass is 10.3. The maximum atomic E-state index is 11.0. The maximum Gasteiger partial charge on any atom is 0.194 e. The van der Waals surface area contributed by atoms with Gasteiger partial charge in [0.2, 0.25) is 0 Å². The number of hydrogen-bond donors (Lipinski definition) is 0. The number of ether oxygens (including phenoxy) is 2. The molecule has 0 amide bonds. The van der Waals surface area contributed by atoms with Gasteiger partial charge in [-0.25, -0.2) is 5.11 Å². The van der Waals surface area contributed by atoms with E-state index in [9.17, 15) is 5.11 Å². The Hall–Kier alpha value is -0.120.